The molecule has 0 aromatic carbocycles. The van der Waals surface area contributed by atoms with E-state index in [2.05, 4.69) is 5.32 Å². The SMILES string of the molecule is CC(C)(C)OC(=O)N1CCC(F)(F)CC1NC(N)=O. The Morgan fingerprint density at radius 3 is 2.47 bits per heavy atom. The van der Waals surface area contributed by atoms with Gasteiger partial charge in [0.25, 0.3) is 5.92 Å². The summed E-state index contributed by atoms with van der Waals surface area (Å²) in [6.07, 6.45) is -3.05. The predicted octanol–water partition coefficient (Wildman–Crippen LogP) is 1.65. The summed E-state index contributed by atoms with van der Waals surface area (Å²) in [6.45, 7) is 4.80. The normalized spacial score (nSPS) is 22.8. The highest BCUT2D eigenvalue weighted by molar-refractivity contribution is 5.74. The van der Waals surface area contributed by atoms with E-state index in [0.717, 1.165) is 4.90 Å². The summed E-state index contributed by atoms with van der Waals surface area (Å²) in [5.41, 5.74) is 4.19. The first-order chi connectivity index (χ1) is 8.50. The van der Waals surface area contributed by atoms with E-state index in [1.54, 1.807) is 20.8 Å². The second-order valence-corrected chi connectivity index (χ2v) is 5.51. The molecule has 0 bridgehead atoms. The number of halogens is 2. The molecule has 0 aromatic heterocycles. The van der Waals surface area contributed by atoms with Crippen LogP contribution < -0.4 is 11.1 Å². The number of nitrogens with zero attached hydrogens (tertiary/aromatic N) is 1. The number of nitrogens with two attached hydrogens (primary N) is 1. The average molecular weight is 279 g/mol. The minimum absolute atomic E-state index is 0.202. The van der Waals surface area contributed by atoms with Crippen LogP contribution in [-0.4, -0.2) is 41.3 Å². The highest BCUT2D eigenvalue weighted by Gasteiger charge is 2.43. The van der Waals surface area contributed by atoms with Crippen molar-refractivity contribution in [1.29, 1.82) is 0 Å². The number of hydrogen-bond acceptors (Lipinski definition) is 3. The third-order valence-corrected chi connectivity index (χ3v) is 2.52. The van der Waals surface area contributed by atoms with Gasteiger partial charge in [-0.05, 0) is 20.8 Å². The molecule has 0 spiro atoms. The zero-order valence-electron chi connectivity index (χ0n) is 11.2. The van der Waals surface area contributed by atoms with Crippen molar-refractivity contribution < 1.29 is 23.1 Å². The molecule has 19 heavy (non-hydrogen) atoms. The minimum Gasteiger partial charge on any atom is -0.444 e. The van der Waals surface area contributed by atoms with Gasteiger partial charge in [-0.1, -0.05) is 0 Å². The molecule has 1 saturated heterocycles. The molecule has 1 fully saturated rings. The second-order valence-electron chi connectivity index (χ2n) is 5.51. The van der Waals surface area contributed by atoms with Crippen LogP contribution in [0.25, 0.3) is 0 Å². The van der Waals surface area contributed by atoms with E-state index in [4.69, 9.17) is 10.5 Å². The molecule has 3 amide bonds. The molecular formula is C11H19F2N3O3. The van der Waals surface area contributed by atoms with Crippen LogP contribution >= 0.6 is 0 Å². The Kier molecular flexibility index (Phi) is 4.21. The summed E-state index contributed by atoms with van der Waals surface area (Å²) in [4.78, 5) is 23.8. The fourth-order valence-electron chi connectivity index (χ4n) is 1.77. The van der Waals surface area contributed by atoms with Crippen LogP contribution in [0.2, 0.25) is 0 Å². The highest BCUT2D eigenvalue weighted by atomic mass is 19.3. The van der Waals surface area contributed by atoms with Crippen molar-refractivity contribution in [1.82, 2.24) is 10.2 Å². The van der Waals surface area contributed by atoms with Gasteiger partial charge in [0, 0.05) is 13.0 Å². The first-order valence-electron chi connectivity index (χ1n) is 5.94. The Bertz CT molecular complexity index is 369. The van der Waals surface area contributed by atoms with Gasteiger partial charge in [0.1, 0.15) is 11.8 Å². The lowest BCUT2D eigenvalue weighted by molar-refractivity contribution is -0.0831. The number of primary amides is 1. The topological polar surface area (TPSA) is 84.7 Å². The summed E-state index contributed by atoms with van der Waals surface area (Å²) in [6, 6.07) is -0.962. The van der Waals surface area contributed by atoms with E-state index in [1.165, 1.54) is 0 Å². The van der Waals surface area contributed by atoms with Gasteiger partial charge in [0.15, 0.2) is 0 Å². The molecule has 1 atom stereocenters. The van der Waals surface area contributed by atoms with Crippen LogP contribution in [0.5, 0.6) is 0 Å². The van der Waals surface area contributed by atoms with E-state index in [0.29, 0.717) is 0 Å². The van der Waals surface area contributed by atoms with Crippen molar-refractivity contribution in [2.24, 2.45) is 5.73 Å². The maximum atomic E-state index is 13.3. The molecule has 1 heterocycles. The molecule has 1 aliphatic rings. The lowest BCUT2D eigenvalue weighted by atomic mass is 10.0. The monoisotopic (exact) mass is 279 g/mol. The maximum absolute atomic E-state index is 13.3. The number of urea groups is 1. The van der Waals surface area contributed by atoms with Gasteiger partial charge >= 0.3 is 12.1 Å². The largest absolute Gasteiger partial charge is 0.444 e. The Hall–Kier alpha value is -1.60. The third-order valence-electron chi connectivity index (χ3n) is 2.52. The van der Waals surface area contributed by atoms with Gasteiger partial charge in [-0.3, -0.25) is 4.90 Å². The number of nitrogens with one attached hydrogen (secondary N) is 1. The van der Waals surface area contributed by atoms with Crippen LogP contribution in [0.4, 0.5) is 18.4 Å². The molecule has 0 aromatic rings. The minimum atomic E-state index is -2.94. The zero-order valence-corrected chi connectivity index (χ0v) is 11.2. The van der Waals surface area contributed by atoms with Gasteiger partial charge in [-0.2, -0.15) is 0 Å². The number of piperidine rings is 1. The molecule has 1 aliphatic heterocycles. The number of ether oxygens (including phenoxy) is 1. The van der Waals surface area contributed by atoms with E-state index >= 15 is 0 Å². The van der Waals surface area contributed by atoms with Crippen molar-refractivity contribution in [3.8, 4) is 0 Å². The van der Waals surface area contributed by atoms with E-state index in [9.17, 15) is 18.4 Å². The van der Waals surface area contributed by atoms with Crippen molar-refractivity contribution in [2.75, 3.05) is 6.54 Å². The molecule has 0 saturated carbocycles. The molecule has 0 aliphatic carbocycles. The molecule has 3 N–H and O–H groups in total. The van der Waals surface area contributed by atoms with Gasteiger partial charge in [0.2, 0.25) is 0 Å². The number of hydrogen-bond donors (Lipinski definition) is 2. The number of amides is 3. The number of carbonyl (C=O) groups is 2. The van der Waals surface area contributed by atoms with Crippen LogP contribution in [0.3, 0.4) is 0 Å². The summed E-state index contributed by atoms with van der Waals surface area (Å²) in [5.74, 6) is -2.94. The smallest absolute Gasteiger partial charge is 0.411 e. The van der Waals surface area contributed by atoms with Crippen molar-refractivity contribution >= 4 is 12.1 Å². The lowest BCUT2D eigenvalue weighted by Crippen LogP contribution is -2.59. The number of rotatable bonds is 1. The molecule has 110 valence electrons. The number of carbonyl (C=O) groups excluding carboxylic acids is 2. The molecule has 1 rings (SSSR count). The van der Waals surface area contributed by atoms with Crippen molar-refractivity contribution in [3.05, 3.63) is 0 Å². The molecule has 0 radical (unpaired) electrons. The fraction of sp³-hybridized carbons (Fsp3) is 0.818. The summed E-state index contributed by atoms with van der Waals surface area (Å²) in [7, 11) is 0. The predicted molar refractivity (Wildman–Crippen MR) is 63.6 cm³/mol. The Balaban J connectivity index is 2.79. The van der Waals surface area contributed by atoms with Crippen LogP contribution in [0.1, 0.15) is 33.6 Å². The first-order valence-corrected chi connectivity index (χ1v) is 5.94. The van der Waals surface area contributed by atoms with Gasteiger partial charge < -0.3 is 15.8 Å². The highest BCUT2D eigenvalue weighted by Crippen LogP contribution is 2.31. The van der Waals surface area contributed by atoms with E-state index in [-0.39, 0.29) is 6.54 Å². The molecule has 8 heteroatoms. The first kappa shape index (κ1) is 15.5. The zero-order chi connectivity index (χ0) is 14.8. The Morgan fingerprint density at radius 1 is 1.42 bits per heavy atom. The Labute approximate surface area is 110 Å². The van der Waals surface area contributed by atoms with Crippen molar-refractivity contribution in [3.63, 3.8) is 0 Å². The average Bonchev–Trinajstić information content (AvgIpc) is 2.11. The van der Waals surface area contributed by atoms with Crippen LogP contribution in [0, 0.1) is 0 Å². The summed E-state index contributed by atoms with van der Waals surface area (Å²) < 4.78 is 31.7. The van der Waals surface area contributed by atoms with Gasteiger partial charge in [-0.25, -0.2) is 18.4 Å². The maximum Gasteiger partial charge on any atom is 0.411 e. The summed E-state index contributed by atoms with van der Waals surface area (Å²) in [5, 5.41) is 2.14. The lowest BCUT2D eigenvalue weighted by Gasteiger charge is -2.39. The number of likely N-dealkylation sites (tertiary alicyclic amines) is 1. The molecule has 1 unspecified atom stereocenters. The second kappa shape index (κ2) is 5.18. The van der Waals surface area contributed by atoms with Crippen LogP contribution in [0.15, 0.2) is 0 Å². The van der Waals surface area contributed by atoms with Gasteiger partial charge in [0.05, 0.1) is 6.42 Å². The molecular weight excluding hydrogens is 260 g/mol. The van der Waals surface area contributed by atoms with Crippen LogP contribution in [-0.2, 0) is 4.74 Å². The number of alkyl halides is 2. The quantitative estimate of drug-likeness (QED) is 0.765. The third kappa shape index (κ3) is 4.88. The van der Waals surface area contributed by atoms with Crippen molar-refractivity contribution in [2.45, 2.75) is 51.3 Å². The molecule has 6 nitrogen and oxygen atoms in total. The van der Waals surface area contributed by atoms with Gasteiger partial charge in [-0.15, -0.1) is 0 Å². The Morgan fingerprint density at radius 2 is 2.00 bits per heavy atom. The standard InChI is InChI=1S/C11H19F2N3O3/c1-10(2,3)19-9(18)16-5-4-11(12,13)6-7(16)15-8(14)17/h7H,4-6H2,1-3H3,(H3,14,15,17). The van der Waals surface area contributed by atoms with E-state index in [1.807, 2.05) is 0 Å². The summed E-state index contributed by atoms with van der Waals surface area (Å²) >= 11 is 0. The van der Waals surface area contributed by atoms with E-state index < -0.39 is 42.7 Å². The fourth-order valence-corrected chi connectivity index (χ4v) is 1.77.